The van der Waals surface area contributed by atoms with Gasteiger partial charge >= 0.3 is 0 Å². The summed E-state index contributed by atoms with van der Waals surface area (Å²) in [5.41, 5.74) is 3.64. The summed E-state index contributed by atoms with van der Waals surface area (Å²) in [4.78, 5) is 24.6. The Balaban J connectivity index is 1.63. The molecule has 2 aromatic heterocycles. The minimum Gasteiger partial charge on any atom is -0.467 e. The molecule has 0 saturated heterocycles. The SMILES string of the molecule is Cc1cc(C(=O)NCC(=O)NCc2ccco2)c(C)n1C(C)c1ccccc1. The lowest BCUT2D eigenvalue weighted by atomic mass is 10.1. The van der Waals surface area contributed by atoms with Crippen molar-refractivity contribution in [3.05, 3.63) is 83.1 Å². The lowest BCUT2D eigenvalue weighted by molar-refractivity contribution is -0.120. The zero-order valence-electron chi connectivity index (χ0n) is 16.4. The second-order valence-corrected chi connectivity index (χ2v) is 6.78. The first-order valence-corrected chi connectivity index (χ1v) is 9.28. The molecular weight excluding hydrogens is 354 g/mol. The van der Waals surface area contributed by atoms with E-state index < -0.39 is 0 Å². The third kappa shape index (κ3) is 4.34. The van der Waals surface area contributed by atoms with E-state index in [9.17, 15) is 9.59 Å². The van der Waals surface area contributed by atoms with Crippen molar-refractivity contribution in [3.8, 4) is 0 Å². The first-order valence-electron chi connectivity index (χ1n) is 9.28. The Kier molecular flexibility index (Phi) is 5.99. The Morgan fingerprint density at radius 3 is 2.50 bits per heavy atom. The zero-order chi connectivity index (χ0) is 20.1. The first kappa shape index (κ1) is 19.5. The Hall–Kier alpha value is -3.28. The molecule has 0 bridgehead atoms. The van der Waals surface area contributed by atoms with Crippen LogP contribution in [0, 0.1) is 13.8 Å². The molecule has 0 aliphatic rings. The quantitative estimate of drug-likeness (QED) is 0.661. The molecule has 2 N–H and O–H groups in total. The smallest absolute Gasteiger partial charge is 0.253 e. The van der Waals surface area contributed by atoms with E-state index in [1.54, 1.807) is 18.4 Å². The number of benzene rings is 1. The molecule has 0 radical (unpaired) electrons. The number of aryl methyl sites for hydroxylation is 1. The number of furan rings is 1. The normalized spacial score (nSPS) is 11.8. The van der Waals surface area contributed by atoms with Crippen LogP contribution in [0.2, 0.25) is 0 Å². The summed E-state index contributed by atoms with van der Waals surface area (Å²) in [6.07, 6.45) is 1.55. The van der Waals surface area contributed by atoms with Gasteiger partial charge in [0.2, 0.25) is 5.91 Å². The highest BCUT2D eigenvalue weighted by Crippen LogP contribution is 2.25. The van der Waals surface area contributed by atoms with Gasteiger partial charge in [-0.3, -0.25) is 9.59 Å². The summed E-state index contributed by atoms with van der Waals surface area (Å²) in [6, 6.07) is 15.7. The highest BCUT2D eigenvalue weighted by molar-refractivity contribution is 5.97. The molecule has 0 aliphatic heterocycles. The standard InChI is InChI=1S/C22H25N3O3/c1-15-12-20(17(3)25(15)16(2)18-8-5-4-6-9-18)22(27)24-14-21(26)23-13-19-10-7-11-28-19/h4-12,16H,13-14H2,1-3H3,(H,23,26)(H,24,27). The molecule has 0 aliphatic carbocycles. The molecule has 0 saturated carbocycles. The van der Waals surface area contributed by atoms with Crippen molar-refractivity contribution in [1.82, 2.24) is 15.2 Å². The van der Waals surface area contributed by atoms with Gasteiger partial charge in [0, 0.05) is 11.4 Å². The lowest BCUT2D eigenvalue weighted by Crippen LogP contribution is -2.36. The minimum atomic E-state index is -0.267. The Morgan fingerprint density at radius 2 is 1.82 bits per heavy atom. The number of hydrogen-bond acceptors (Lipinski definition) is 3. The summed E-state index contributed by atoms with van der Waals surface area (Å²) in [5.74, 6) is 0.141. The maximum Gasteiger partial charge on any atom is 0.253 e. The Bertz CT molecular complexity index is 943. The van der Waals surface area contributed by atoms with Crippen LogP contribution >= 0.6 is 0 Å². The van der Waals surface area contributed by atoms with Gasteiger partial charge in [-0.05, 0) is 44.5 Å². The van der Waals surface area contributed by atoms with E-state index >= 15 is 0 Å². The topological polar surface area (TPSA) is 76.3 Å². The predicted molar refractivity (Wildman–Crippen MR) is 107 cm³/mol. The van der Waals surface area contributed by atoms with Crippen LogP contribution < -0.4 is 10.6 Å². The van der Waals surface area contributed by atoms with Crippen LogP contribution in [0.1, 0.15) is 46.0 Å². The molecule has 3 aromatic rings. The van der Waals surface area contributed by atoms with Gasteiger partial charge in [-0.1, -0.05) is 30.3 Å². The molecule has 2 amide bonds. The molecule has 146 valence electrons. The van der Waals surface area contributed by atoms with Gasteiger partial charge in [-0.15, -0.1) is 0 Å². The summed E-state index contributed by atoms with van der Waals surface area (Å²) >= 11 is 0. The summed E-state index contributed by atoms with van der Waals surface area (Å²) < 4.78 is 7.30. The molecule has 0 fully saturated rings. The first-order chi connectivity index (χ1) is 13.5. The average Bonchev–Trinajstić information content (AvgIpc) is 3.32. The number of hydrogen-bond donors (Lipinski definition) is 2. The Labute approximate surface area is 164 Å². The molecule has 1 aromatic carbocycles. The average molecular weight is 379 g/mol. The number of carbonyl (C=O) groups is 2. The van der Waals surface area contributed by atoms with Gasteiger partial charge in [-0.25, -0.2) is 0 Å². The summed E-state index contributed by atoms with van der Waals surface area (Å²) in [7, 11) is 0. The fraction of sp³-hybridized carbons (Fsp3) is 0.273. The van der Waals surface area contributed by atoms with Gasteiger partial charge < -0.3 is 19.6 Å². The second-order valence-electron chi connectivity index (χ2n) is 6.78. The molecule has 1 unspecified atom stereocenters. The number of rotatable bonds is 7. The number of aromatic nitrogens is 1. The van der Waals surface area contributed by atoms with Crippen LogP contribution in [0.25, 0.3) is 0 Å². The monoisotopic (exact) mass is 379 g/mol. The van der Waals surface area contributed by atoms with E-state index in [0.29, 0.717) is 17.9 Å². The van der Waals surface area contributed by atoms with Crippen LogP contribution in [0.5, 0.6) is 0 Å². The zero-order valence-corrected chi connectivity index (χ0v) is 16.4. The van der Waals surface area contributed by atoms with Crippen molar-refractivity contribution in [3.63, 3.8) is 0 Å². The third-order valence-corrected chi connectivity index (χ3v) is 4.85. The van der Waals surface area contributed by atoms with E-state index in [0.717, 1.165) is 11.4 Å². The van der Waals surface area contributed by atoms with Crippen LogP contribution in [-0.4, -0.2) is 22.9 Å². The Morgan fingerprint density at radius 1 is 1.07 bits per heavy atom. The van der Waals surface area contributed by atoms with E-state index in [1.807, 2.05) is 38.1 Å². The van der Waals surface area contributed by atoms with Crippen LogP contribution in [0.15, 0.2) is 59.2 Å². The highest BCUT2D eigenvalue weighted by Gasteiger charge is 2.20. The number of nitrogens with zero attached hydrogens (tertiary/aromatic N) is 1. The van der Waals surface area contributed by atoms with E-state index in [2.05, 4.69) is 34.3 Å². The second kappa shape index (κ2) is 8.61. The highest BCUT2D eigenvalue weighted by atomic mass is 16.3. The molecule has 0 spiro atoms. The number of amides is 2. The molecular formula is C22H25N3O3. The van der Waals surface area contributed by atoms with E-state index in [-0.39, 0.29) is 24.4 Å². The van der Waals surface area contributed by atoms with Crippen molar-refractivity contribution in [1.29, 1.82) is 0 Å². The number of carbonyl (C=O) groups excluding carboxylic acids is 2. The largest absolute Gasteiger partial charge is 0.467 e. The van der Waals surface area contributed by atoms with Crippen LogP contribution in [0.4, 0.5) is 0 Å². The van der Waals surface area contributed by atoms with Gasteiger partial charge in [0.15, 0.2) is 0 Å². The maximum atomic E-state index is 12.6. The lowest BCUT2D eigenvalue weighted by Gasteiger charge is -2.19. The van der Waals surface area contributed by atoms with Crippen LogP contribution in [0.3, 0.4) is 0 Å². The van der Waals surface area contributed by atoms with Crippen molar-refractivity contribution >= 4 is 11.8 Å². The van der Waals surface area contributed by atoms with Gasteiger partial charge in [0.25, 0.3) is 5.91 Å². The van der Waals surface area contributed by atoms with E-state index in [4.69, 9.17) is 4.42 Å². The third-order valence-electron chi connectivity index (χ3n) is 4.85. The van der Waals surface area contributed by atoms with Crippen molar-refractivity contribution < 1.29 is 14.0 Å². The fourth-order valence-electron chi connectivity index (χ4n) is 3.40. The summed E-state index contributed by atoms with van der Waals surface area (Å²) in [6.45, 7) is 6.24. The molecule has 3 rings (SSSR count). The molecule has 28 heavy (non-hydrogen) atoms. The number of nitrogens with one attached hydrogen (secondary N) is 2. The van der Waals surface area contributed by atoms with Gasteiger partial charge in [-0.2, -0.15) is 0 Å². The minimum absolute atomic E-state index is 0.0859. The summed E-state index contributed by atoms with van der Waals surface area (Å²) in [5, 5.41) is 5.40. The molecule has 6 heteroatoms. The maximum absolute atomic E-state index is 12.6. The van der Waals surface area contributed by atoms with Crippen LogP contribution in [-0.2, 0) is 11.3 Å². The fourth-order valence-corrected chi connectivity index (χ4v) is 3.40. The van der Waals surface area contributed by atoms with Crippen molar-refractivity contribution in [2.75, 3.05) is 6.54 Å². The van der Waals surface area contributed by atoms with E-state index in [1.165, 1.54) is 5.56 Å². The van der Waals surface area contributed by atoms with Gasteiger partial charge in [0.1, 0.15) is 5.76 Å². The van der Waals surface area contributed by atoms with Crippen molar-refractivity contribution in [2.24, 2.45) is 0 Å². The van der Waals surface area contributed by atoms with Gasteiger partial charge in [0.05, 0.1) is 31.0 Å². The van der Waals surface area contributed by atoms with Crippen molar-refractivity contribution in [2.45, 2.75) is 33.4 Å². The predicted octanol–water partition coefficient (Wildman–Crippen LogP) is 3.35. The molecule has 6 nitrogen and oxygen atoms in total. The molecule has 2 heterocycles. The molecule has 1 atom stereocenters.